The molecule has 0 heterocycles. The van der Waals surface area contributed by atoms with Crippen LogP contribution in [0.25, 0.3) is 0 Å². The van der Waals surface area contributed by atoms with Gasteiger partial charge in [0.25, 0.3) is 0 Å². The van der Waals surface area contributed by atoms with Gasteiger partial charge in [0, 0.05) is 6.61 Å². The molecule has 4 nitrogen and oxygen atoms in total. The smallest absolute Gasteiger partial charge is 0.199 e. The minimum Gasteiger partial charge on any atom is -0.496 e. The summed E-state index contributed by atoms with van der Waals surface area (Å²) in [6, 6.07) is 5.35. The highest BCUT2D eigenvalue weighted by Crippen LogP contribution is 2.39. The van der Waals surface area contributed by atoms with E-state index >= 15 is 0 Å². The molecule has 1 fully saturated rings. The van der Waals surface area contributed by atoms with E-state index in [0.717, 1.165) is 12.8 Å². The molecule has 1 aromatic rings. The Kier molecular flexibility index (Phi) is 4.43. The van der Waals surface area contributed by atoms with Crippen LogP contribution in [0.4, 0.5) is 0 Å². The van der Waals surface area contributed by atoms with Gasteiger partial charge in [0.15, 0.2) is 5.78 Å². The van der Waals surface area contributed by atoms with Crippen molar-refractivity contribution in [2.24, 2.45) is 5.92 Å². The normalized spacial score (nSPS) is 15.9. The first-order valence-corrected chi connectivity index (χ1v) is 6.59. The molecule has 0 N–H and O–H groups in total. The average Bonchev–Trinajstić information content (AvgIpc) is 3.27. The summed E-state index contributed by atoms with van der Waals surface area (Å²) in [5, 5.41) is 0. The zero-order valence-electron chi connectivity index (χ0n) is 11.6. The van der Waals surface area contributed by atoms with Gasteiger partial charge in [-0.05, 0) is 37.8 Å². The maximum absolute atomic E-state index is 12.7. The number of ketones is 1. The quantitative estimate of drug-likeness (QED) is 0.710. The Labute approximate surface area is 113 Å². The number of carbonyl (C=O) groups excluding carboxylic acids is 1. The maximum Gasteiger partial charge on any atom is 0.199 e. The van der Waals surface area contributed by atoms with E-state index in [9.17, 15) is 4.79 Å². The lowest BCUT2D eigenvalue weighted by molar-refractivity contribution is 0.0370. The molecule has 0 amide bonds. The third-order valence-electron chi connectivity index (χ3n) is 3.33. The van der Waals surface area contributed by atoms with Crippen molar-refractivity contribution < 1.29 is 19.0 Å². The molecule has 1 aliphatic carbocycles. The van der Waals surface area contributed by atoms with Crippen molar-refractivity contribution in [3.05, 3.63) is 23.8 Å². The molecule has 104 valence electrons. The van der Waals surface area contributed by atoms with Crippen molar-refractivity contribution in [3.63, 3.8) is 0 Å². The van der Waals surface area contributed by atoms with E-state index in [1.165, 1.54) is 0 Å². The maximum atomic E-state index is 12.7. The van der Waals surface area contributed by atoms with Gasteiger partial charge in [0.2, 0.25) is 0 Å². The molecule has 0 aliphatic heterocycles. The molecule has 4 heteroatoms. The number of benzene rings is 1. The Morgan fingerprint density at radius 2 is 1.84 bits per heavy atom. The van der Waals surface area contributed by atoms with E-state index in [0.29, 0.717) is 29.6 Å². The summed E-state index contributed by atoms with van der Waals surface area (Å²) < 4.78 is 16.2. The molecule has 1 aliphatic rings. The lowest BCUT2D eigenvalue weighted by Crippen LogP contribution is -2.27. The minimum atomic E-state index is -0.379. The SMILES string of the molecule is CCOC(C(=O)c1c(OC)cccc1OC)C1CC1. The van der Waals surface area contributed by atoms with Crippen LogP contribution >= 0.6 is 0 Å². The Hall–Kier alpha value is -1.55. The van der Waals surface area contributed by atoms with Gasteiger partial charge in [0.1, 0.15) is 23.2 Å². The largest absolute Gasteiger partial charge is 0.496 e. The first kappa shape index (κ1) is 13.9. The van der Waals surface area contributed by atoms with E-state index in [1.54, 1.807) is 32.4 Å². The van der Waals surface area contributed by atoms with Crippen LogP contribution in [-0.4, -0.2) is 32.7 Å². The average molecular weight is 264 g/mol. The van der Waals surface area contributed by atoms with Crippen molar-refractivity contribution in [2.75, 3.05) is 20.8 Å². The van der Waals surface area contributed by atoms with E-state index in [2.05, 4.69) is 0 Å². The van der Waals surface area contributed by atoms with Crippen LogP contribution in [0.3, 0.4) is 0 Å². The summed E-state index contributed by atoms with van der Waals surface area (Å²) in [5.41, 5.74) is 0.484. The zero-order valence-corrected chi connectivity index (χ0v) is 11.6. The fourth-order valence-corrected chi connectivity index (χ4v) is 2.24. The highest BCUT2D eigenvalue weighted by atomic mass is 16.5. The molecule has 19 heavy (non-hydrogen) atoms. The monoisotopic (exact) mass is 264 g/mol. The second kappa shape index (κ2) is 6.06. The number of rotatable bonds is 7. The van der Waals surface area contributed by atoms with E-state index in [-0.39, 0.29) is 11.9 Å². The van der Waals surface area contributed by atoms with Gasteiger partial charge in [-0.25, -0.2) is 0 Å². The number of ether oxygens (including phenoxy) is 3. The molecule has 1 atom stereocenters. The van der Waals surface area contributed by atoms with Crippen molar-refractivity contribution in [1.82, 2.24) is 0 Å². The van der Waals surface area contributed by atoms with Crippen LogP contribution < -0.4 is 9.47 Å². The molecule has 1 aromatic carbocycles. The Morgan fingerprint density at radius 3 is 2.26 bits per heavy atom. The highest BCUT2D eigenvalue weighted by molar-refractivity contribution is 6.04. The number of hydrogen-bond donors (Lipinski definition) is 0. The molecular weight excluding hydrogens is 244 g/mol. The Morgan fingerprint density at radius 1 is 1.26 bits per heavy atom. The number of Topliss-reactive ketones (excluding diaryl/α,β-unsaturated/α-hetero) is 1. The number of carbonyl (C=O) groups is 1. The summed E-state index contributed by atoms with van der Waals surface area (Å²) in [7, 11) is 3.11. The summed E-state index contributed by atoms with van der Waals surface area (Å²) in [5.74, 6) is 1.37. The second-order valence-electron chi connectivity index (χ2n) is 4.62. The van der Waals surface area contributed by atoms with Crippen molar-refractivity contribution in [1.29, 1.82) is 0 Å². The fourth-order valence-electron chi connectivity index (χ4n) is 2.24. The molecule has 0 spiro atoms. The van der Waals surface area contributed by atoms with Crippen molar-refractivity contribution in [3.8, 4) is 11.5 Å². The van der Waals surface area contributed by atoms with E-state index in [4.69, 9.17) is 14.2 Å². The molecule has 0 bridgehead atoms. The molecule has 0 radical (unpaired) electrons. The molecule has 2 rings (SSSR count). The summed E-state index contributed by atoms with van der Waals surface area (Å²) >= 11 is 0. The van der Waals surface area contributed by atoms with Gasteiger partial charge in [0.05, 0.1) is 14.2 Å². The first-order valence-electron chi connectivity index (χ1n) is 6.59. The topological polar surface area (TPSA) is 44.8 Å². The first-order chi connectivity index (χ1) is 9.22. The van der Waals surface area contributed by atoms with Crippen LogP contribution in [0.5, 0.6) is 11.5 Å². The van der Waals surface area contributed by atoms with Crippen LogP contribution in [-0.2, 0) is 4.74 Å². The summed E-state index contributed by atoms with van der Waals surface area (Å²) in [4.78, 5) is 12.7. The van der Waals surface area contributed by atoms with E-state index < -0.39 is 0 Å². The highest BCUT2D eigenvalue weighted by Gasteiger charge is 2.39. The molecule has 0 saturated heterocycles. The lowest BCUT2D eigenvalue weighted by atomic mass is 10.0. The van der Waals surface area contributed by atoms with Gasteiger partial charge in [-0.15, -0.1) is 0 Å². The molecule has 1 saturated carbocycles. The third kappa shape index (κ3) is 2.89. The lowest BCUT2D eigenvalue weighted by Gasteiger charge is -2.18. The van der Waals surface area contributed by atoms with Crippen molar-refractivity contribution >= 4 is 5.78 Å². The van der Waals surface area contributed by atoms with Crippen LogP contribution in [0.15, 0.2) is 18.2 Å². The molecule has 0 aromatic heterocycles. The molecule has 1 unspecified atom stereocenters. The second-order valence-corrected chi connectivity index (χ2v) is 4.62. The van der Waals surface area contributed by atoms with Gasteiger partial charge in [-0.2, -0.15) is 0 Å². The van der Waals surface area contributed by atoms with E-state index in [1.807, 2.05) is 6.92 Å². The number of methoxy groups -OCH3 is 2. The Balaban J connectivity index is 2.35. The van der Waals surface area contributed by atoms with Crippen LogP contribution in [0.2, 0.25) is 0 Å². The van der Waals surface area contributed by atoms with Crippen LogP contribution in [0, 0.1) is 5.92 Å². The third-order valence-corrected chi connectivity index (χ3v) is 3.33. The number of hydrogen-bond acceptors (Lipinski definition) is 4. The predicted octanol–water partition coefficient (Wildman–Crippen LogP) is 2.70. The van der Waals surface area contributed by atoms with Gasteiger partial charge in [-0.1, -0.05) is 6.07 Å². The predicted molar refractivity (Wildman–Crippen MR) is 72.0 cm³/mol. The Bertz CT molecular complexity index is 429. The van der Waals surface area contributed by atoms with Crippen LogP contribution in [0.1, 0.15) is 30.1 Å². The summed E-state index contributed by atoms with van der Waals surface area (Å²) in [6.45, 7) is 2.44. The fraction of sp³-hybridized carbons (Fsp3) is 0.533. The summed E-state index contributed by atoms with van der Waals surface area (Å²) in [6.07, 6.45) is 1.72. The van der Waals surface area contributed by atoms with Crippen molar-refractivity contribution in [2.45, 2.75) is 25.9 Å². The minimum absolute atomic E-state index is 0.0429. The van der Waals surface area contributed by atoms with Gasteiger partial charge < -0.3 is 14.2 Å². The van der Waals surface area contributed by atoms with Gasteiger partial charge >= 0.3 is 0 Å². The zero-order chi connectivity index (χ0) is 13.8. The standard InChI is InChI=1S/C15H20O4/c1-4-19-15(10-8-9-10)14(16)13-11(17-2)6-5-7-12(13)18-3/h5-7,10,15H,4,8-9H2,1-3H3. The van der Waals surface area contributed by atoms with Gasteiger partial charge in [-0.3, -0.25) is 4.79 Å². The molecular formula is C15H20O4.